The maximum Gasteiger partial charge on any atom is 0.230 e. The molecule has 19 heavy (non-hydrogen) atoms. The lowest BCUT2D eigenvalue weighted by Gasteiger charge is -2.32. The Balaban J connectivity index is 2.13. The molecule has 0 bridgehead atoms. The number of nitriles is 1. The predicted octanol–water partition coefficient (Wildman–Crippen LogP) is 2.54. The molecule has 0 spiro atoms. The van der Waals surface area contributed by atoms with E-state index in [2.05, 4.69) is 10.6 Å². The van der Waals surface area contributed by atoms with Gasteiger partial charge in [0.2, 0.25) is 5.91 Å². The summed E-state index contributed by atoms with van der Waals surface area (Å²) in [6, 6.07) is 6.89. The second kappa shape index (κ2) is 5.60. The molecule has 4 nitrogen and oxygen atoms in total. The van der Waals surface area contributed by atoms with Crippen molar-refractivity contribution in [3.8, 4) is 6.07 Å². The van der Waals surface area contributed by atoms with E-state index in [0.29, 0.717) is 16.3 Å². The summed E-state index contributed by atoms with van der Waals surface area (Å²) in [6.07, 6.45) is 1.62. The van der Waals surface area contributed by atoms with Crippen LogP contribution in [0.15, 0.2) is 18.2 Å². The van der Waals surface area contributed by atoms with Crippen LogP contribution in [-0.4, -0.2) is 19.0 Å². The molecule has 0 saturated carbocycles. The Morgan fingerprint density at radius 3 is 2.74 bits per heavy atom. The second-order valence-electron chi connectivity index (χ2n) is 5.07. The molecule has 1 saturated heterocycles. The van der Waals surface area contributed by atoms with Crippen LogP contribution in [0.1, 0.15) is 25.3 Å². The summed E-state index contributed by atoms with van der Waals surface area (Å²) in [7, 11) is 0. The number of piperidine rings is 1. The van der Waals surface area contributed by atoms with E-state index in [1.165, 1.54) is 0 Å². The van der Waals surface area contributed by atoms with Crippen LogP contribution < -0.4 is 10.6 Å². The zero-order valence-corrected chi connectivity index (χ0v) is 11.5. The molecule has 0 aliphatic carbocycles. The number of amides is 1. The molecule has 0 unspecified atom stereocenters. The van der Waals surface area contributed by atoms with Gasteiger partial charge in [-0.25, -0.2) is 0 Å². The van der Waals surface area contributed by atoms with Crippen molar-refractivity contribution in [2.75, 3.05) is 18.4 Å². The Bertz CT molecular complexity index is 530. The average Bonchev–Trinajstić information content (AvgIpc) is 2.41. The fourth-order valence-corrected chi connectivity index (χ4v) is 2.39. The molecule has 2 N–H and O–H groups in total. The van der Waals surface area contributed by atoms with Crippen molar-refractivity contribution < 1.29 is 4.79 Å². The number of hydrogen-bond donors (Lipinski definition) is 2. The van der Waals surface area contributed by atoms with E-state index in [-0.39, 0.29) is 11.3 Å². The van der Waals surface area contributed by atoms with Crippen molar-refractivity contribution in [3.63, 3.8) is 0 Å². The minimum atomic E-state index is -0.359. The Morgan fingerprint density at radius 2 is 2.16 bits per heavy atom. The van der Waals surface area contributed by atoms with Crippen molar-refractivity contribution in [1.82, 2.24) is 5.32 Å². The van der Waals surface area contributed by atoms with Gasteiger partial charge in [-0.1, -0.05) is 18.5 Å². The highest BCUT2D eigenvalue weighted by Crippen LogP contribution is 2.31. The van der Waals surface area contributed by atoms with Crippen molar-refractivity contribution in [2.24, 2.45) is 5.41 Å². The summed E-state index contributed by atoms with van der Waals surface area (Å²) in [6.45, 7) is 3.68. The number of halogens is 1. The SMILES string of the molecule is CC1(C(=O)Nc2ccc(C#N)cc2Cl)CCNCC1. The van der Waals surface area contributed by atoms with Gasteiger partial charge in [-0.3, -0.25) is 4.79 Å². The highest BCUT2D eigenvalue weighted by atomic mass is 35.5. The van der Waals surface area contributed by atoms with E-state index in [0.717, 1.165) is 25.9 Å². The Labute approximate surface area is 117 Å². The quantitative estimate of drug-likeness (QED) is 0.873. The first kappa shape index (κ1) is 13.9. The number of nitrogens with one attached hydrogen (secondary N) is 2. The Morgan fingerprint density at radius 1 is 1.47 bits per heavy atom. The molecule has 0 aromatic heterocycles. The van der Waals surface area contributed by atoms with Crippen LogP contribution in [-0.2, 0) is 4.79 Å². The van der Waals surface area contributed by atoms with Crippen LogP contribution in [0.4, 0.5) is 5.69 Å². The number of nitrogens with zero attached hydrogens (tertiary/aromatic N) is 1. The van der Waals surface area contributed by atoms with Crippen molar-refractivity contribution in [2.45, 2.75) is 19.8 Å². The summed E-state index contributed by atoms with van der Waals surface area (Å²) >= 11 is 6.06. The molecular weight excluding hydrogens is 262 g/mol. The normalized spacial score (nSPS) is 17.5. The fraction of sp³-hybridized carbons (Fsp3) is 0.429. The Kier molecular flexibility index (Phi) is 4.08. The Hall–Kier alpha value is -1.57. The molecule has 1 fully saturated rings. The third-order valence-corrected chi connectivity index (χ3v) is 3.91. The monoisotopic (exact) mass is 277 g/mol. The third kappa shape index (κ3) is 3.06. The standard InChI is InChI=1S/C14H16ClN3O/c1-14(4-6-17-7-5-14)13(19)18-12-3-2-10(9-16)8-11(12)15/h2-3,8,17H,4-7H2,1H3,(H,18,19). The predicted molar refractivity (Wildman–Crippen MR) is 75.0 cm³/mol. The van der Waals surface area contributed by atoms with Gasteiger partial charge in [0.15, 0.2) is 0 Å². The van der Waals surface area contributed by atoms with Gasteiger partial charge in [0.05, 0.1) is 22.3 Å². The van der Waals surface area contributed by atoms with Gasteiger partial charge in [-0.15, -0.1) is 0 Å². The van der Waals surface area contributed by atoms with Gasteiger partial charge < -0.3 is 10.6 Å². The highest BCUT2D eigenvalue weighted by molar-refractivity contribution is 6.33. The number of hydrogen-bond acceptors (Lipinski definition) is 3. The van der Waals surface area contributed by atoms with E-state index in [4.69, 9.17) is 16.9 Å². The summed E-state index contributed by atoms with van der Waals surface area (Å²) in [5.41, 5.74) is 0.684. The molecule has 100 valence electrons. The lowest BCUT2D eigenvalue weighted by Crippen LogP contribution is -2.42. The van der Waals surface area contributed by atoms with Crippen LogP contribution in [0.3, 0.4) is 0 Å². The van der Waals surface area contributed by atoms with Gasteiger partial charge in [-0.05, 0) is 44.1 Å². The fourth-order valence-electron chi connectivity index (χ4n) is 2.16. The van der Waals surface area contributed by atoms with Gasteiger partial charge in [0, 0.05) is 5.41 Å². The van der Waals surface area contributed by atoms with Crippen LogP contribution >= 0.6 is 11.6 Å². The summed E-state index contributed by atoms with van der Waals surface area (Å²) in [4.78, 5) is 12.3. The van der Waals surface area contributed by atoms with Crippen LogP contribution in [0.25, 0.3) is 0 Å². The van der Waals surface area contributed by atoms with Gasteiger partial charge in [0.25, 0.3) is 0 Å². The van der Waals surface area contributed by atoms with Crippen LogP contribution in [0.2, 0.25) is 5.02 Å². The molecule has 1 heterocycles. The van der Waals surface area contributed by atoms with Gasteiger partial charge in [0.1, 0.15) is 0 Å². The van der Waals surface area contributed by atoms with E-state index >= 15 is 0 Å². The maximum absolute atomic E-state index is 12.3. The second-order valence-corrected chi connectivity index (χ2v) is 5.48. The maximum atomic E-state index is 12.3. The molecule has 2 rings (SSSR count). The van der Waals surface area contributed by atoms with Crippen molar-refractivity contribution in [1.29, 1.82) is 5.26 Å². The zero-order valence-electron chi connectivity index (χ0n) is 10.8. The molecule has 5 heteroatoms. The van der Waals surface area contributed by atoms with Crippen LogP contribution in [0.5, 0.6) is 0 Å². The smallest absolute Gasteiger partial charge is 0.230 e. The molecule has 1 aromatic rings. The number of rotatable bonds is 2. The molecular formula is C14H16ClN3O. The van der Waals surface area contributed by atoms with Gasteiger partial charge in [-0.2, -0.15) is 5.26 Å². The first-order valence-corrected chi connectivity index (χ1v) is 6.65. The van der Waals surface area contributed by atoms with Gasteiger partial charge >= 0.3 is 0 Å². The summed E-state index contributed by atoms with van der Waals surface area (Å²) < 4.78 is 0. The molecule has 1 amide bonds. The van der Waals surface area contributed by atoms with E-state index in [1.807, 2.05) is 13.0 Å². The lowest BCUT2D eigenvalue weighted by atomic mass is 9.80. The summed E-state index contributed by atoms with van der Waals surface area (Å²) in [5, 5.41) is 15.3. The average molecular weight is 278 g/mol. The topological polar surface area (TPSA) is 64.9 Å². The zero-order chi connectivity index (χ0) is 13.9. The molecule has 1 aliphatic rings. The number of anilines is 1. The summed E-state index contributed by atoms with van der Waals surface area (Å²) in [5.74, 6) is -0.0133. The molecule has 1 aliphatic heterocycles. The first-order valence-electron chi connectivity index (χ1n) is 6.27. The first-order chi connectivity index (χ1) is 9.05. The van der Waals surface area contributed by atoms with E-state index in [1.54, 1.807) is 18.2 Å². The number of benzene rings is 1. The highest BCUT2D eigenvalue weighted by Gasteiger charge is 2.34. The van der Waals surface area contributed by atoms with Crippen LogP contribution in [0, 0.1) is 16.7 Å². The minimum absolute atomic E-state index is 0.0133. The number of carbonyl (C=O) groups excluding carboxylic acids is 1. The van der Waals surface area contributed by atoms with E-state index < -0.39 is 0 Å². The van der Waals surface area contributed by atoms with Crippen molar-refractivity contribution in [3.05, 3.63) is 28.8 Å². The van der Waals surface area contributed by atoms with E-state index in [9.17, 15) is 4.79 Å². The third-order valence-electron chi connectivity index (χ3n) is 3.60. The minimum Gasteiger partial charge on any atom is -0.324 e. The number of carbonyl (C=O) groups is 1. The van der Waals surface area contributed by atoms with Crippen molar-refractivity contribution >= 4 is 23.2 Å². The molecule has 0 atom stereocenters. The largest absolute Gasteiger partial charge is 0.324 e. The lowest BCUT2D eigenvalue weighted by molar-refractivity contribution is -0.126. The molecule has 0 radical (unpaired) electrons. The molecule has 1 aromatic carbocycles.